The largest absolute Gasteiger partial charge is 0.478 e. The van der Waals surface area contributed by atoms with Gasteiger partial charge >= 0.3 is 5.97 Å². The number of hydrogen-bond acceptors (Lipinski definition) is 4. The van der Waals surface area contributed by atoms with Crippen LogP contribution in [0, 0.1) is 0 Å². The van der Waals surface area contributed by atoms with E-state index in [9.17, 15) is 19.5 Å². The van der Waals surface area contributed by atoms with E-state index < -0.39 is 17.8 Å². The Balaban J connectivity index is 1.67. The van der Waals surface area contributed by atoms with Crippen molar-refractivity contribution in [2.24, 2.45) is 0 Å². The van der Waals surface area contributed by atoms with Crippen LogP contribution in [0.25, 0.3) is 10.1 Å². The Hall–Kier alpha value is -3.39. The maximum absolute atomic E-state index is 13.0. The van der Waals surface area contributed by atoms with Crippen LogP contribution in [0.4, 0.5) is 11.4 Å². The van der Waals surface area contributed by atoms with Gasteiger partial charge in [0.1, 0.15) is 4.88 Å². The third kappa shape index (κ3) is 4.45. The van der Waals surface area contributed by atoms with Gasteiger partial charge in [0.05, 0.1) is 21.8 Å². The fourth-order valence-electron chi connectivity index (χ4n) is 3.05. The molecule has 0 radical (unpaired) electrons. The third-order valence-corrected chi connectivity index (χ3v) is 6.53. The van der Waals surface area contributed by atoms with E-state index in [1.807, 2.05) is 18.2 Å². The summed E-state index contributed by atoms with van der Waals surface area (Å²) in [7, 11) is 0. The lowest BCUT2D eigenvalue weighted by atomic mass is 10.1. The lowest BCUT2D eigenvalue weighted by molar-refractivity contribution is 0.0696. The van der Waals surface area contributed by atoms with Crippen LogP contribution in [0.15, 0.2) is 66.7 Å². The summed E-state index contributed by atoms with van der Waals surface area (Å²) in [6.45, 7) is 0. The first-order chi connectivity index (χ1) is 15.3. The number of rotatable bonds is 5. The third-order valence-electron chi connectivity index (χ3n) is 4.60. The number of benzene rings is 3. The molecule has 4 rings (SSSR count). The highest BCUT2D eigenvalue weighted by Gasteiger charge is 2.21. The van der Waals surface area contributed by atoms with E-state index in [2.05, 4.69) is 10.6 Å². The van der Waals surface area contributed by atoms with Gasteiger partial charge < -0.3 is 15.7 Å². The number of anilines is 2. The molecular weight excluding hydrogens is 471 g/mol. The number of halogens is 2. The van der Waals surface area contributed by atoms with Crippen molar-refractivity contribution in [3.05, 3.63) is 92.8 Å². The zero-order valence-electron chi connectivity index (χ0n) is 16.2. The van der Waals surface area contributed by atoms with Crippen molar-refractivity contribution in [2.75, 3.05) is 10.6 Å². The molecule has 4 aromatic rings. The van der Waals surface area contributed by atoms with Gasteiger partial charge in [-0.2, -0.15) is 0 Å². The van der Waals surface area contributed by atoms with E-state index in [0.29, 0.717) is 15.7 Å². The molecule has 9 heteroatoms. The van der Waals surface area contributed by atoms with Gasteiger partial charge in [-0.25, -0.2) is 4.79 Å². The Bertz CT molecular complexity index is 1370. The molecule has 0 spiro atoms. The summed E-state index contributed by atoms with van der Waals surface area (Å²) in [6, 6.07) is 17.7. The van der Waals surface area contributed by atoms with Gasteiger partial charge in [-0.1, -0.05) is 41.4 Å². The van der Waals surface area contributed by atoms with E-state index in [1.54, 1.807) is 30.3 Å². The van der Waals surface area contributed by atoms with Crippen molar-refractivity contribution in [1.82, 2.24) is 0 Å². The van der Waals surface area contributed by atoms with E-state index in [1.165, 1.54) is 29.5 Å². The number of nitrogens with one attached hydrogen (secondary N) is 2. The molecule has 0 saturated heterocycles. The number of carboxylic acid groups (broad SMARTS) is 1. The van der Waals surface area contributed by atoms with Crippen molar-refractivity contribution in [2.45, 2.75) is 0 Å². The summed E-state index contributed by atoms with van der Waals surface area (Å²) < 4.78 is 0.836. The molecule has 3 N–H and O–H groups in total. The topological polar surface area (TPSA) is 95.5 Å². The molecule has 1 aromatic heterocycles. The number of carbonyl (C=O) groups excluding carboxylic acids is 2. The van der Waals surface area contributed by atoms with Gasteiger partial charge in [0.15, 0.2) is 0 Å². The number of amides is 2. The minimum Gasteiger partial charge on any atom is -0.478 e. The lowest BCUT2D eigenvalue weighted by Crippen LogP contribution is -2.18. The van der Waals surface area contributed by atoms with Crippen LogP contribution < -0.4 is 10.6 Å². The smallest absolute Gasteiger partial charge is 0.335 e. The van der Waals surface area contributed by atoms with Crippen molar-refractivity contribution < 1.29 is 19.5 Å². The van der Waals surface area contributed by atoms with E-state index in [4.69, 9.17) is 23.2 Å². The minimum atomic E-state index is -1.19. The zero-order valence-corrected chi connectivity index (χ0v) is 18.5. The van der Waals surface area contributed by atoms with E-state index in [0.717, 1.165) is 10.1 Å². The fraction of sp³-hybridized carbons (Fsp3) is 0. The van der Waals surface area contributed by atoms with Crippen molar-refractivity contribution in [1.29, 1.82) is 0 Å². The summed E-state index contributed by atoms with van der Waals surface area (Å²) in [5, 5.41) is 16.2. The van der Waals surface area contributed by atoms with Gasteiger partial charge in [-0.15, -0.1) is 11.3 Å². The quantitative estimate of drug-likeness (QED) is 0.304. The Morgan fingerprint density at radius 3 is 2.25 bits per heavy atom. The van der Waals surface area contributed by atoms with Gasteiger partial charge in [0.25, 0.3) is 11.8 Å². The Morgan fingerprint density at radius 2 is 1.56 bits per heavy atom. The predicted octanol–water partition coefficient (Wildman–Crippen LogP) is 6.41. The molecule has 0 aliphatic rings. The number of fused-ring (bicyclic) bond motifs is 1. The minimum absolute atomic E-state index is 0.0508. The van der Waals surface area contributed by atoms with Crippen LogP contribution >= 0.6 is 34.5 Å². The average Bonchev–Trinajstić information content (AvgIpc) is 3.12. The highest BCUT2D eigenvalue weighted by molar-refractivity contribution is 7.21. The first-order valence-electron chi connectivity index (χ1n) is 9.26. The highest BCUT2D eigenvalue weighted by Crippen LogP contribution is 2.35. The van der Waals surface area contributed by atoms with Gasteiger partial charge in [-0.3, -0.25) is 9.59 Å². The number of aromatic carboxylic acids is 1. The van der Waals surface area contributed by atoms with Crippen LogP contribution in [-0.2, 0) is 0 Å². The molecular formula is C23H14Cl2N2O4S. The van der Waals surface area contributed by atoms with Gasteiger partial charge in [0, 0.05) is 20.8 Å². The fourth-order valence-corrected chi connectivity index (χ4v) is 4.59. The summed E-state index contributed by atoms with van der Waals surface area (Å²) >= 11 is 13.5. The average molecular weight is 485 g/mol. The number of hydrogen-bond donors (Lipinski definition) is 3. The van der Waals surface area contributed by atoms with E-state index >= 15 is 0 Å². The standard InChI is InChI=1S/C23H14Cl2N2O4S/c24-13-6-8-14(9-7-13)26-21(28)15-10-5-12(23(30)31)11-17(15)27-22(29)20-19(25)16-3-1-2-4-18(16)32-20/h1-11H,(H,26,28)(H,27,29)(H,30,31). The van der Waals surface area contributed by atoms with Crippen LogP contribution in [0.1, 0.15) is 30.4 Å². The monoisotopic (exact) mass is 484 g/mol. The second-order valence-electron chi connectivity index (χ2n) is 6.72. The molecule has 0 aliphatic carbocycles. The van der Waals surface area contributed by atoms with Crippen LogP contribution in [0.5, 0.6) is 0 Å². The molecule has 1 heterocycles. The Kier molecular flexibility index (Phi) is 6.14. The molecule has 0 unspecified atom stereocenters. The second-order valence-corrected chi connectivity index (χ2v) is 8.59. The lowest BCUT2D eigenvalue weighted by Gasteiger charge is -2.12. The predicted molar refractivity (Wildman–Crippen MR) is 128 cm³/mol. The summed E-state index contributed by atoms with van der Waals surface area (Å²) in [5.41, 5.74) is 0.558. The molecule has 0 atom stereocenters. The molecule has 0 aliphatic heterocycles. The van der Waals surface area contributed by atoms with Crippen LogP contribution in [0.2, 0.25) is 10.0 Å². The molecule has 3 aromatic carbocycles. The van der Waals surface area contributed by atoms with Crippen LogP contribution in [-0.4, -0.2) is 22.9 Å². The van der Waals surface area contributed by atoms with Crippen molar-refractivity contribution >= 4 is 73.8 Å². The molecule has 2 amide bonds. The van der Waals surface area contributed by atoms with Crippen molar-refractivity contribution in [3.63, 3.8) is 0 Å². The maximum atomic E-state index is 13.0. The normalized spacial score (nSPS) is 10.7. The number of thiophene rings is 1. The number of carboxylic acids is 1. The highest BCUT2D eigenvalue weighted by atomic mass is 35.5. The summed E-state index contributed by atoms with van der Waals surface area (Å²) in [5.74, 6) is -2.26. The number of carbonyl (C=O) groups is 3. The van der Waals surface area contributed by atoms with Gasteiger partial charge in [0.2, 0.25) is 0 Å². The molecule has 0 saturated carbocycles. The summed E-state index contributed by atoms with van der Waals surface area (Å²) in [4.78, 5) is 37.5. The Morgan fingerprint density at radius 1 is 0.844 bits per heavy atom. The zero-order chi connectivity index (χ0) is 22.8. The van der Waals surface area contributed by atoms with Crippen molar-refractivity contribution in [3.8, 4) is 0 Å². The molecule has 0 fully saturated rings. The first-order valence-corrected chi connectivity index (χ1v) is 10.8. The van der Waals surface area contributed by atoms with Gasteiger partial charge in [-0.05, 0) is 48.5 Å². The molecule has 160 valence electrons. The van der Waals surface area contributed by atoms with E-state index in [-0.39, 0.29) is 21.7 Å². The molecule has 32 heavy (non-hydrogen) atoms. The second kappa shape index (κ2) is 9.00. The first kappa shape index (κ1) is 21.8. The summed E-state index contributed by atoms with van der Waals surface area (Å²) in [6.07, 6.45) is 0. The molecule has 0 bridgehead atoms. The van der Waals surface area contributed by atoms with Crippen LogP contribution in [0.3, 0.4) is 0 Å². The molecule has 6 nitrogen and oxygen atoms in total. The maximum Gasteiger partial charge on any atom is 0.335 e. The Labute approximate surface area is 196 Å². The SMILES string of the molecule is O=C(O)c1ccc(C(=O)Nc2ccc(Cl)cc2)c(NC(=O)c2sc3ccccc3c2Cl)c1.